The van der Waals surface area contributed by atoms with Crippen molar-refractivity contribution in [3.63, 3.8) is 0 Å². The van der Waals surface area contributed by atoms with Crippen molar-refractivity contribution in [3.05, 3.63) is 16.6 Å². The van der Waals surface area contributed by atoms with Crippen LogP contribution in [0.15, 0.2) is 21.5 Å². The molecule has 0 aliphatic rings. The van der Waals surface area contributed by atoms with Crippen LogP contribution in [0.4, 0.5) is 0 Å². The summed E-state index contributed by atoms with van der Waals surface area (Å²) >= 11 is 3.15. The molecule has 1 atom stereocenters. The molecule has 0 saturated heterocycles. The van der Waals surface area contributed by atoms with Gasteiger partial charge in [-0.15, -0.1) is 0 Å². The quantitative estimate of drug-likeness (QED) is 0.730. The van der Waals surface area contributed by atoms with Gasteiger partial charge in [-0.25, -0.2) is 8.42 Å². The predicted molar refractivity (Wildman–Crippen MR) is 83.8 cm³/mol. The van der Waals surface area contributed by atoms with E-state index in [-0.39, 0.29) is 15.1 Å². The van der Waals surface area contributed by atoms with Crippen LogP contribution >= 0.6 is 15.9 Å². The van der Waals surface area contributed by atoms with Crippen LogP contribution in [0.5, 0.6) is 11.5 Å². The summed E-state index contributed by atoms with van der Waals surface area (Å²) in [6.45, 7) is 3.23. The van der Waals surface area contributed by atoms with Crippen LogP contribution in [0.2, 0.25) is 0 Å². The molecule has 7 nitrogen and oxygen atoms in total. The summed E-state index contributed by atoms with van der Waals surface area (Å²) in [5, 5.41) is 9.12. The Morgan fingerprint density at radius 2 is 1.73 bits per heavy atom. The number of carboxylic acid groups (broad SMARTS) is 1. The third-order valence-electron chi connectivity index (χ3n) is 2.94. The Balaban J connectivity index is 3.31. The van der Waals surface area contributed by atoms with E-state index in [4.69, 9.17) is 14.6 Å². The van der Waals surface area contributed by atoms with Crippen LogP contribution in [-0.4, -0.2) is 39.8 Å². The molecule has 1 aromatic rings. The maximum Gasteiger partial charge on any atom is 0.322 e. The van der Waals surface area contributed by atoms with Crippen molar-refractivity contribution in [2.45, 2.75) is 24.8 Å². The number of sulfonamides is 1. The summed E-state index contributed by atoms with van der Waals surface area (Å²) in [5.41, 5.74) is 0. The standard InChI is InChI=1S/C13H18BrNO6S/c1-7(2)12(13(16)17)15-22(18,19)11-6-10(21-4)9(20-3)5-8(11)14/h5-7,12,15H,1-4H3,(H,16,17). The Morgan fingerprint density at radius 3 is 2.14 bits per heavy atom. The fourth-order valence-electron chi connectivity index (χ4n) is 1.74. The van der Waals surface area contributed by atoms with Crippen LogP contribution in [0.1, 0.15) is 13.8 Å². The number of methoxy groups -OCH3 is 2. The van der Waals surface area contributed by atoms with E-state index in [1.165, 1.54) is 26.4 Å². The second kappa shape index (κ2) is 7.30. The average molecular weight is 396 g/mol. The molecule has 124 valence electrons. The highest BCUT2D eigenvalue weighted by atomic mass is 79.9. The zero-order valence-corrected chi connectivity index (χ0v) is 15.0. The highest BCUT2D eigenvalue weighted by Crippen LogP contribution is 2.35. The van der Waals surface area contributed by atoms with Crippen LogP contribution in [0.25, 0.3) is 0 Å². The fourth-order valence-corrected chi connectivity index (χ4v) is 4.12. The van der Waals surface area contributed by atoms with Gasteiger partial charge in [0.05, 0.1) is 14.2 Å². The third-order valence-corrected chi connectivity index (χ3v) is 5.34. The Kier molecular flexibility index (Phi) is 6.21. The van der Waals surface area contributed by atoms with Gasteiger partial charge < -0.3 is 14.6 Å². The predicted octanol–water partition coefficient (Wildman–Crippen LogP) is 1.85. The van der Waals surface area contributed by atoms with Crippen LogP contribution in [0.3, 0.4) is 0 Å². The molecule has 1 rings (SSSR count). The number of hydrogen-bond donors (Lipinski definition) is 2. The van der Waals surface area contributed by atoms with Gasteiger partial charge in [0.1, 0.15) is 10.9 Å². The van der Waals surface area contributed by atoms with Gasteiger partial charge in [-0.05, 0) is 27.9 Å². The highest BCUT2D eigenvalue weighted by molar-refractivity contribution is 9.10. The van der Waals surface area contributed by atoms with E-state index < -0.39 is 28.0 Å². The number of hydrogen-bond acceptors (Lipinski definition) is 5. The number of benzene rings is 1. The van der Waals surface area contributed by atoms with Crippen molar-refractivity contribution in [1.82, 2.24) is 4.72 Å². The molecule has 0 bridgehead atoms. The number of rotatable bonds is 7. The molecule has 0 radical (unpaired) electrons. The molecule has 2 N–H and O–H groups in total. The zero-order chi connectivity index (χ0) is 17.1. The fraction of sp³-hybridized carbons (Fsp3) is 0.462. The number of carbonyl (C=O) groups is 1. The average Bonchev–Trinajstić information content (AvgIpc) is 2.43. The number of ether oxygens (including phenoxy) is 2. The Labute approximate surface area is 137 Å². The first-order valence-corrected chi connectivity index (χ1v) is 8.58. The topological polar surface area (TPSA) is 102 Å². The molecule has 9 heteroatoms. The monoisotopic (exact) mass is 395 g/mol. The molecule has 0 aliphatic carbocycles. The van der Waals surface area contributed by atoms with Crippen molar-refractivity contribution in [2.75, 3.05) is 14.2 Å². The van der Waals surface area contributed by atoms with Crippen LogP contribution in [0, 0.1) is 5.92 Å². The van der Waals surface area contributed by atoms with Crippen molar-refractivity contribution in [1.29, 1.82) is 0 Å². The highest BCUT2D eigenvalue weighted by Gasteiger charge is 2.30. The lowest BCUT2D eigenvalue weighted by Gasteiger charge is -2.19. The summed E-state index contributed by atoms with van der Waals surface area (Å²) in [7, 11) is -1.25. The maximum absolute atomic E-state index is 12.4. The van der Waals surface area contributed by atoms with Crippen LogP contribution < -0.4 is 14.2 Å². The SMILES string of the molecule is COc1cc(Br)c(S(=O)(=O)NC(C(=O)O)C(C)C)cc1OC. The van der Waals surface area contributed by atoms with Gasteiger partial charge in [0, 0.05) is 10.5 Å². The van der Waals surface area contributed by atoms with E-state index >= 15 is 0 Å². The number of halogens is 1. The summed E-state index contributed by atoms with van der Waals surface area (Å²) in [4.78, 5) is 11.0. The molecule has 0 amide bonds. The molecule has 0 aliphatic heterocycles. The normalized spacial score (nSPS) is 13.0. The van der Waals surface area contributed by atoms with Crippen molar-refractivity contribution in [3.8, 4) is 11.5 Å². The van der Waals surface area contributed by atoms with Crippen molar-refractivity contribution < 1.29 is 27.8 Å². The lowest BCUT2D eigenvalue weighted by atomic mass is 10.1. The summed E-state index contributed by atoms with van der Waals surface area (Å²) in [6.07, 6.45) is 0. The summed E-state index contributed by atoms with van der Waals surface area (Å²) in [5.74, 6) is -1.07. The molecule has 1 unspecified atom stereocenters. The van der Waals surface area contributed by atoms with Gasteiger partial charge in [-0.3, -0.25) is 4.79 Å². The van der Waals surface area contributed by atoms with E-state index in [0.29, 0.717) is 5.75 Å². The van der Waals surface area contributed by atoms with Crippen molar-refractivity contribution >= 4 is 31.9 Å². The molecular formula is C13H18BrNO6S. The van der Waals surface area contributed by atoms with E-state index in [2.05, 4.69) is 20.7 Å². The molecule has 1 aromatic carbocycles. The minimum atomic E-state index is -4.05. The minimum Gasteiger partial charge on any atom is -0.493 e. The number of carboxylic acids is 1. The summed E-state index contributed by atoms with van der Waals surface area (Å²) < 4.78 is 37.5. The first kappa shape index (κ1) is 18.7. The van der Waals surface area contributed by atoms with E-state index in [1.54, 1.807) is 13.8 Å². The smallest absolute Gasteiger partial charge is 0.322 e. The molecule has 0 saturated carbocycles. The second-order valence-corrected chi connectivity index (χ2v) is 7.36. The Hall–Kier alpha value is -1.32. The zero-order valence-electron chi connectivity index (χ0n) is 12.6. The van der Waals surface area contributed by atoms with Gasteiger partial charge in [0.25, 0.3) is 0 Å². The summed E-state index contributed by atoms with van der Waals surface area (Å²) in [6, 6.07) is 1.48. The van der Waals surface area contributed by atoms with E-state index in [0.717, 1.165) is 0 Å². The third kappa shape index (κ3) is 4.11. The van der Waals surface area contributed by atoms with Gasteiger partial charge in [0.2, 0.25) is 10.0 Å². The number of nitrogens with one attached hydrogen (secondary N) is 1. The first-order chi connectivity index (χ1) is 10.1. The molecule has 22 heavy (non-hydrogen) atoms. The van der Waals surface area contributed by atoms with E-state index in [9.17, 15) is 13.2 Å². The van der Waals surface area contributed by atoms with E-state index in [1.807, 2.05) is 0 Å². The molecular weight excluding hydrogens is 378 g/mol. The number of aliphatic carboxylic acids is 1. The second-order valence-electron chi connectivity index (χ2n) is 4.82. The van der Waals surface area contributed by atoms with Gasteiger partial charge in [-0.2, -0.15) is 4.72 Å². The van der Waals surface area contributed by atoms with Gasteiger partial charge >= 0.3 is 5.97 Å². The maximum atomic E-state index is 12.4. The first-order valence-electron chi connectivity index (χ1n) is 6.30. The van der Waals surface area contributed by atoms with Crippen molar-refractivity contribution in [2.24, 2.45) is 5.92 Å². The lowest BCUT2D eigenvalue weighted by Crippen LogP contribution is -2.44. The molecule has 0 spiro atoms. The largest absolute Gasteiger partial charge is 0.493 e. The van der Waals surface area contributed by atoms with Gasteiger partial charge in [-0.1, -0.05) is 13.8 Å². The van der Waals surface area contributed by atoms with Gasteiger partial charge in [0.15, 0.2) is 11.5 Å². The molecule has 0 heterocycles. The Morgan fingerprint density at radius 1 is 1.23 bits per heavy atom. The lowest BCUT2D eigenvalue weighted by molar-refractivity contribution is -0.140. The minimum absolute atomic E-state index is 0.128. The Bertz CT molecular complexity index is 659. The van der Waals surface area contributed by atoms with Crippen LogP contribution in [-0.2, 0) is 14.8 Å². The molecule has 0 fully saturated rings. The molecule has 0 aromatic heterocycles.